The number of nitro benzene ring substituents is 1. The van der Waals surface area contributed by atoms with Gasteiger partial charge in [-0.3, -0.25) is 24.7 Å². The van der Waals surface area contributed by atoms with Crippen molar-refractivity contribution in [3.05, 3.63) is 117 Å². The minimum atomic E-state index is -4.62. The molecule has 0 spiro atoms. The van der Waals surface area contributed by atoms with Gasteiger partial charge in [0.1, 0.15) is 22.9 Å². The van der Waals surface area contributed by atoms with Crippen molar-refractivity contribution in [2.24, 2.45) is 17.3 Å². The molecule has 5 heterocycles. The summed E-state index contributed by atoms with van der Waals surface area (Å²) in [5, 5.41) is 13.9. The highest BCUT2D eigenvalue weighted by molar-refractivity contribution is 7.90. The highest BCUT2D eigenvalue weighted by Crippen LogP contribution is 2.44. The van der Waals surface area contributed by atoms with Crippen molar-refractivity contribution < 1.29 is 27.6 Å². The molecule has 5 aliphatic rings. The fourth-order valence-electron chi connectivity index (χ4n) is 10.7. The first-order valence-corrected chi connectivity index (χ1v) is 24.5. The van der Waals surface area contributed by atoms with Crippen LogP contribution in [0.1, 0.15) is 73.9 Å². The van der Waals surface area contributed by atoms with Crippen molar-refractivity contribution in [1.82, 2.24) is 24.5 Å². The quantitative estimate of drug-likeness (QED) is 0.0908. The van der Waals surface area contributed by atoms with E-state index in [0.717, 1.165) is 93.2 Å². The average molecular weight is 921 g/mol. The Balaban J connectivity index is 0.872. The number of fused-ring (bicyclic) bond motifs is 4. The average Bonchev–Trinajstić information content (AvgIpc) is 4.05. The summed E-state index contributed by atoms with van der Waals surface area (Å²) < 4.78 is 42.5. The number of piperazine rings is 1. The summed E-state index contributed by atoms with van der Waals surface area (Å²) in [6, 6.07) is 19.8. The van der Waals surface area contributed by atoms with Crippen LogP contribution in [0.25, 0.3) is 16.6 Å². The van der Waals surface area contributed by atoms with Crippen LogP contribution in [0.4, 0.5) is 11.4 Å². The van der Waals surface area contributed by atoms with Crippen LogP contribution in [0.3, 0.4) is 0 Å². The Labute approximate surface area is 384 Å². The van der Waals surface area contributed by atoms with Crippen molar-refractivity contribution in [3.63, 3.8) is 0 Å². The van der Waals surface area contributed by atoms with E-state index in [9.17, 15) is 23.3 Å². The van der Waals surface area contributed by atoms with Gasteiger partial charge < -0.3 is 19.4 Å². The highest BCUT2D eigenvalue weighted by atomic mass is 35.5. The number of nitro groups is 1. The number of amides is 1. The number of nitrogens with one attached hydrogen (secondary N) is 2. The van der Waals surface area contributed by atoms with Crippen LogP contribution in [-0.4, -0.2) is 97.5 Å². The van der Waals surface area contributed by atoms with Gasteiger partial charge in [-0.15, -0.1) is 0 Å². The molecule has 1 saturated carbocycles. The number of benzene rings is 3. The third-order valence-corrected chi connectivity index (χ3v) is 15.8. The summed E-state index contributed by atoms with van der Waals surface area (Å²) in [7, 11) is -4.62. The van der Waals surface area contributed by atoms with E-state index in [1.165, 1.54) is 48.2 Å². The van der Waals surface area contributed by atoms with E-state index in [0.29, 0.717) is 36.0 Å². The molecule has 2 bridgehead atoms. The summed E-state index contributed by atoms with van der Waals surface area (Å²) in [5.74, 6) is 0.453. The van der Waals surface area contributed by atoms with Gasteiger partial charge in [-0.1, -0.05) is 43.2 Å². The fraction of sp³-hybridized carbons (Fsp3) is 0.429. The Morgan fingerprint density at radius 2 is 1.88 bits per heavy atom. The maximum atomic E-state index is 14.1. The number of sulfonamides is 1. The molecule has 3 aromatic carbocycles. The van der Waals surface area contributed by atoms with E-state index in [2.05, 4.69) is 55.4 Å². The van der Waals surface area contributed by atoms with Gasteiger partial charge in [0.15, 0.2) is 0 Å². The zero-order chi connectivity index (χ0) is 45.0. The number of aromatic amines is 1. The number of aromatic nitrogens is 2. The number of halogens is 1. The van der Waals surface area contributed by atoms with Gasteiger partial charge in [-0.2, -0.15) is 0 Å². The van der Waals surface area contributed by atoms with Crippen molar-refractivity contribution in [3.8, 4) is 17.2 Å². The third kappa shape index (κ3) is 9.20. The number of anilines is 1. The van der Waals surface area contributed by atoms with Crippen LogP contribution >= 0.6 is 11.6 Å². The molecule has 0 radical (unpaired) electrons. The zero-order valence-corrected chi connectivity index (χ0v) is 38.3. The number of hydrogen-bond acceptors (Lipinski definition) is 11. The number of hydrogen-bond donors (Lipinski definition) is 2. The molecule has 340 valence electrons. The van der Waals surface area contributed by atoms with Gasteiger partial charge in [0.05, 0.1) is 33.7 Å². The van der Waals surface area contributed by atoms with Crippen LogP contribution < -0.4 is 19.1 Å². The lowest BCUT2D eigenvalue weighted by Gasteiger charge is -2.39. The number of piperidine rings is 1. The number of H-pyrrole nitrogens is 1. The van der Waals surface area contributed by atoms with Crippen LogP contribution in [0.2, 0.25) is 5.02 Å². The molecule has 2 aliphatic carbocycles. The number of ether oxygens (including phenoxy) is 2. The number of pyridine rings is 1. The maximum Gasteiger partial charge on any atom is 0.277 e. The van der Waals surface area contributed by atoms with Gasteiger partial charge in [-0.25, -0.2) is 18.1 Å². The van der Waals surface area contributed by atoms with Crippen LogP contribution in [0, 0.1) is 27.4 Å². The molecule has 3 atom stereocenters. The van der Waals surface area contributed by atoms with E-state index in [1.807, 2.05) is 18.2 Å². The highest BCUT2D eigenvalue weighted by Gasteiger charge is 2.40. The minimum Gasteiger partial charge on any atom is -0.493 e. The van der Waals surface area contributed by atoms with Gasteiger partial charge >= 0.3 is 0 Å². The molecule has 0 unspecified atom stereocenters. The Bertz CT molecular complexity index is 2800. The normalized spacial score (nSPS) is 22.2. The first kappa shape index (κ1) is 43.4. The fourth-order valence-corrected chi connectivity index (χ4v) is 11.9. The van der Waals surface area contributed by atoms with Gasteiger partial charge in [0.2, 0.25) is 0 Å². The Hall–Kier alpha value is -5.48. The molecule has 14 nitrogen and oxygen atoms in total. The molecular formula is C49H54ClN7O7S. The predicted octanol–water partition coefficient (Wildman–Crippen LogP) is 8.86. The molecule has 5 aromatic rings. The molecule has 65 heavy (non-hydrogen) atoms. The lowest BCUT2D eigenvalue weighted by molar-refractivity contribution is -0.386. The molecule has 3 aliphatic heterocycles. The SMILES string of the molecule is CC1(C)CCC(CN2CCN(c3ccc(C(=O)NS(=O)(=O)c4cc5c(c([N+](=O)[O-])c4)C[C@@H](CN4C[C@@H]6CC[C@H]4C6)CO5)c(Oc4cnc5[nH]ccc5c4)c3)CC2)=C(c2ccc(Cl)cc2)C1. The zero-order valence-electron chi connectivity index (χ0n) is 36.7. The lowest BCUT2D eigenvalue weighted by Crippen LogP contribution is -2.47. The molecule has 1 amide bonds. The number of rotatable bonds is 12. The molecule has 2 aromatic heterocycles. The van der Waals surface area contributed by atoms with Crippen molar-refractivity contribution in [1.29, 1.82) is 0 Å². The van der Waals surface area contributed by atoms with E-state index >= 15 is 0 Å². The van der Waals surface area contributed by atoms with Crippen molar-refractivity contribution in [2.45, 2.75) is 69.7 Å². The third-order valence-electron chi connectivity index (χ3n) is 14.2. The molecule has 3 fully saturated rings. The van der Waals surface area contributed by atoms with Gasteiger partial charge in [0.25, 0.3) is 21.6 Å². The van der Waals surface area contributed by atoms with Gasteiger partial charge in [0, 0.05) is 98.3 Å². The number of carbonyl (C=O) groups is 1. The Morgan fingerprint density at radius 1 is 1.06 bits per heavy atom. The van der Waals surface area contributed by atoms with Gasteiger partial charge in [-0.05, 0) is 104 Å². The second-order valence-electron chi connectivity index (χ2n) is 19.3. The summed E-state index contributed by atoms with van der Waals surface area (Å²) in [6.45, 7) is 10.8. The standard InChI is InChI=1S/C49H54ClN7O7S/c1-49(2)13-11-35(43(25-49)33-4-6-36(50)7-5-33)29-54-15-17-55(18-16-54)38-9-10-41(46(22-38)64-39-21-34-12-14-51-47(34)52-26-39)48(58)53-65(61,62)40-23-44(57(59)60)42-20-32(30-63-45(42)24-40)28-56-27-31-3-8-37(56)19-31/h4-7,9-10,12,14,21-24,26,31-32,37H,3,8,11,13,15-20,25,27-30H2,1-2H3,(H,51,52)(H,53,58)/t31-,32+,37+/m1/s1. The first-order valence-electron chi connectivity index (χ1n) is 22.7. The molecule has 16 heteroatoms. The topological polar surface area (TPSA) is 163 Å². The Morgan fingerprint density at radius 3 is 2.63 bits per heavy atom. The van der Waals surface area contributed by atoms with E-state index in [4.69, 9.17) is 21.1 Å². The largest absolute Gasteiger partial charge is 0.493 e. The summed E-state index contributed by atoms with van der Waals surface area (Å²) in [6.07, 6.45) is 10.6. The molecule has 2 saturated heterocycles. The van der Waals surface area contributed by atoms with Crippen LogP contribution in [-0.2, 0) is 16.4 Å². The second-order valence-corrected chi connectivity index (χ2v) is 21.5. The van der Waals surface area contributed by atoms with E-state index < -0.39 is 25.7 Å². The maximum absolute atomic E-state index is 14.1. The number of carbonyl (C=O) groups excluding carboxylic acids is 1. The molecule has 2 N–H and O–H groups in total. The number of allylic oxidation sites excluding steroid dienone is 1. The lowest BCUT2D eigenvalue weighted by atomic mass is 9.72. The monoisotopic (exact) mass is 919 g/mol. The van der Waals surface area contributed by atoms with Crippen molar-refractivity contribution >= 4 is 55.5 Å². The number of nitrogens with zero attached hydrogens (tertiary/aromatic N) is 5. The van der Waals surface area contributed by atoms with Crippen molar-refractivity contribution in [2.75, 3.05) is 57.3 Å². The molecule has 10 rings (SSSR count). The Kier molecular flexibility index (Phi) is 11.6. The molecular weight excluding hydrogens is 866 g/mol. The van der Waals surface area contributed by atoms with Crippen LogP contribution in [0.15, 0.2) is 89.6 Å². The van der Waals surface area contributed by atoms with E-state index in [1.54, 1.807) is 30.5 Å². The van der Waals surface area contributed by atoms with E-state index in [-0.39, 0.29) is 34.1 Å². The summed E-state index contributed by atoms with van der Waals surface area (Å²) in [5.41, 5.74) is 5.82. The summed E-state index contributed by atoms with van der Waals surface area (Å²) in [4.78, 5) is 40.2. The predicted molar refractivity (Wildman–Crippen MR) is 250 cm³/mol. The minimum absolute atomic E-state index is 0.0332. The smallest absolute Gasteiger partial charge is 0.277 e. The summed E-state index contributed by atoms with van der Waals surface area (Å²) >= 11 is 6.25. The first-order chi connectivity index (χ1) is 31.2. The second kappa shape index (κ2) is 17.4. The van der Waals surface area contributed by atoms with Crippen LogP contribution in [0.5, 0.6) is 17.2 Å². The number of likely N-dealkylation sites (tertiary alicyclic amines) is 1.